The van der Waals surface area contributed by atoms with Gasteiger partial charge in [-0.25, -0.2) is 0 Å². The number of carboxylic acids is 1. The topological polar surface area (TPSA) is 113 Å². The number of hydrogen-bond acceptors (Lipinski definition) is 4. The largest absolute Gasteiger partial charge is 0.481 e. The maximum atomic E-state index is 12.8. The van der Waals surface area contributed by atoms with Crippen molar-refractivity contribution in [2.45, 2.75) is 6.42 Å². The van der Waals surface area contributed by atoms with Gasteiger partial charge in [-0.15, -0.1) is 0 Å². The van der Waals surface area contributed by atoms with E-state index in [1.165, 1.54) is 24.3 Å². The summed E-state index contributed by atoms with van der Waals surface area (Å²) in [4.78, 5) is 37.0. The van der Waals surface area contributed by atoms with Gasteiger partial charge in [0.25, 0.3) is 5.69 Å². The predicted molar refractivity (Wildman–Crippen MR) is 91.2 cm³/mol. The second-order valence-corrected chi connectivity index (χ2v) is 5.81. The number of fused-ring (bicyclic) bond motifs is 1. The van der Waals surface area contributed by atoms with Crippen LogP contribution in [0.2, 0.25) is 5.02 Å². The number of nitro groups is 1. The molecular weight excluding hydrogens is 348 g/mol. The monoisotopic (exact) mass is 358 g/mol. The molecule has 0 bridgehead atoms. The number of ketones is 1. The van der Waals surface area contributed by atoms with Crippen molar-refractivity contribution in [2.24, 2.45) is 0 Å². The molecule has 1 heterocycles. The fourth-order valence-corrected chi connectivity index (χ4v) is 2.81. The van der Waals surface area contributed by atoms with Gasteiger partial charge >= 0.3 is 5.97 Å². The number of aliphatic carboxylic acids is 1. The van der Waals surface area contributed by atoms with E-state index in [1.807, 2.05) is 0 Å². The van der Waals surface area contributed by atoms with Crippen molar-refractivity contribution in [3.63, 3.8) is 0 Å². The van der Waals surface area contributed by atoms with Crippen LogP contribution in [-0.2, 0) is 11.2 Å². The lowest BCUT2D eigenvalue weighted by atomic mass is 10.0. The lowest BCUT2D eigenvalue weighted by Crippen LogP contribution is -2.08. The standard InChI is InChI=1S/C17H11ClN2O5/c18-10-3-6-12-13(8-15(21)22)16(19-14(12)7-10)17(23)9-1-4-11(5-2-9)20(24)25/h1-7,19H,8H2,(H,21,22). The molecule has 3 rings (SSSR count). The molecule has 0 aliphatic carbocycles. The fraction of sp³-hybridized carbons (Fsp3) is 0.0588. The van der Waals surface area contributed by atoms with Crippen LogP contribution in [0, 0.1) is 10.1 Å². The van der Waals surface area contributed by atoms with Gasteiger partial charge < -0.3 is 10.1 Å². The summed E-state index contributed by atoms with van der Waals surface area (Å²) in [5.74, 6) is -1.52. The summed E-state index contributed by atoms with van der Waals surface area (Å²) in [6, 6.07) is 10.00. The highest BCUT2D eigenvalue weighted by Crippen LogP contribution is 2.28. The zero-order chi connectivity index (χ0) is 18.1. The fourth-order valence-electron chi connectivity index (χ4n) is 2.64. The van der Waals surface area contributed by atoms with Crippen LogP contribution in [0.15, 0.2) is 42.5 Å². The lowest BCUT2D eigenvalue weighted by molar-refractivity contribution is -0.384. The minimum Gasteiger partial charge on any atom is -0.481 e. The van der Waals surface area contributed by atoms with E-state index >= 15 is 0 Å². The molecule has 2 aromatic carbocycles. The quantitative estimate of drug-likeness (QED) is 0.411. The summed E-state index contributed by atoms with van der Waals surface area (Å²) >= 11 is 5.94. The van der Waals surface area contributed by atoms with Gasteiger partial charge in [0, 0.05) is 39.2 Å². The van der Waals surface area contributed by atoms with Gasteiger partial charge in [0.2, 0.25) is 5.78 Å². The number of halogens is 1. The van der Waals surface area contributed by atoms with Gasteiger partial charge in [-0.1, -0.05) is 17.7 Å². The molecular formula is C17H11ClN2O5. The first-order chi connectivity index (χ1) is 11.9. The Bertz CT molecular complexity index is 1010. The van der Waals surface area contributed by atoms with Gasteiger partial charge in [-0.05, 0) is 24.3 Å². The van der Waals surface area contributed by atoms with Crippen molar-refractivity contribution in [1.82, 2.24) is 4.98 Å². The minimum atomic E-state index is -1.08. The first-order valence-corrected chi connectivity index (χ1v) is 7.55. The summed E-state index contributed by atoms with van der Waals surface area (Å²) in [5, 5.41) is 20.9. The average Bonchev–Trinajstić information content (AvgIpc) is 2.91. The van der Waals surface area contributed by atoms with Crippen LogP contribution in [0.3, 0.4) is 0 Å². The molecule has 0 unspecified atom stereocenters. The van der Waals surface area contributed by atoms with Crippen LogP contribution in [0.5, 0.6) is 0 Å². The Labute approximate surface area is 146 Å². The molecule has 7 nitrogen and oxygen atoms in total. The Morgan fingerprint density at radius 2 is 1.84 bits per heavy atom. The Balaban J connectivity index is 2.11. The molecule has 1 aromatic heterocycles. The number of rotatable bonds is 5. The van der Waals surface area contributed by atoms with Gasteiger partial charge in [-0.2, -0.15) is 0 Å². The van der Waals surface area contributed by atoms with E-state index in [1.54, 1.807) is 18.2 Å². The molecule has 8 heteroatoms. The minimum absolute atomic E-state index is 0.133. The molecule has 0 amide bonds. The highest BCUT2D eigenvalue weighted by atomic mass is 35.5. The Morgan fingerprint density at radius 1 is 1.16 bits per heavy atom. The van der Waals surface area contributed by atoms with Crippen LogP contribution < -0.4 is 0 Å². The van der Waals surface area contributed by atoms with E-state index in [2.05, 4.69) is 4.98 Å². The van der Waals surface area contributed by atoms with E-state index in [0.29, 0.717) is 21.5 Å². The SMILES string of the molecule is O=C(O)Cc1c(C(=O)c2ccc([N+](=O)[O-])cc2)[nH]c2cc(Cl)ccc12. The summed E-state index contributed by atoms with van der Waals surface area (Å²) in [6.45, 7) is 0. The first kappa shape index (κ1) is 16.7. The number of H-pyrrole nitrogens is 1. The molecule has 0 spiro atoms. The number of nitrogens with zero attached hydrogens (tertiary/aromatic N) is 1. The number of nitro benzene ring substituents is 1. The van der Waals surface area contributed by atoms with Gasteiger partial charge in [0.15, 0.2) is 0 Å². The van der Waals surface area contributed by atoms with Crippen LogP contribution in [0.1, 0.15) is 21.6 Å². The second-order valence-electron chi connectivity index (χ2n) is 5.37. The van der Waals surface area contributed by atoms with E-state index in [4.69, 9.17) is 16.7 Å². The molecule has 3 aromatic rings. The number of aromatic nitrogens is 1. The normalized spacial score (nSPS) is 10.8. The second kappa shape index (κ2) is 6.37. The van der Waals surface area contributed by atoms with Gasteiger partial charge in [-0.3, -0.25) is 19.7 Å². The molecule has 0 saturated heterocycles. The number of non-ortho nitro benzene ring substituents is 1. The van der Waals surface area contributed by atoms with Crippen LogP contribution in [-0.4, -0.2) is 26.8 Å². The third-order valence-electron chi connectivity index (χ3n) is 3.76. The first-order valence-electron chi connectivity index (χ1n) is 7.18. The van der Waals surface area contributed by atoms with E-state index in [-0.39, 0.29) is 23.4 Å². The molecule has 0 radical (unpaired) electrons. The van der Waals surface area contributed by atoms with Gasteiger partial charge in [0.1, 0.15) is 0 Å². The number of carbonyl (C=O) groups excluding carboxylic acids is 1. The highest BCUT2D eigenvalue weighted by molar-refractivity contribution is 6.31. The smallest absolute Gasteiger partial charge is 0.307 e. The van der Waals surface area contributed by atoms with Crippen molar-refractivity contribution in [1.29, 1.82) is 0 Å². The van der Waals surface area contributed by atoms with Crippen LogP contribution in [0.4, 0.5) is 5.69 Å². The number of carbonyl (C=O) groups is 2. The van der Waals surface area contributed by atoms with Crippen molar-refractivity contribution in [3.8, 4) is 0 Å². The molecule has 126 valence electrons. The zero-order valence-corrected chi connectivity index (χ0v) is 13.4. The number of hydrogen-bond donors (Lipinski definition) is 2. The Kier molecular flexibility index (Phi) is 4.24. The number of nitrogens with one attached hydrogen (secondary N) is 1. The third-order valence-corrected chi connectivity index (χ3v) is 4.00. The van der Waals surface area contributed by atoms with Gasteiger partial charge in [0.05, 0.1) is 17.0 Å². The van der Waals surface area contributed by atoms with E-state index in [9.17, 15) is 19.7 Å². The van der Waals surface area contributed by atoms with E-state index in [0.717, 1.165) is 0 Å². The van der Waals surface area contributed by atoms with E-state index < -0.39 is 16.7 Å². The van der Waals surface area contributed by atoms with Crippen molar-refractivity contribution in [3.05, 3.63) is 74.4 Å². The molecule has 0 aliphatic rings. The maximum Gasteiger partial charge on any atom is 0.307 e. The van der Waals surface area contributed by atoms with Crippen molar-refractivity contribution in [2.75, 3.05) is 0 Å². The maximum absolute atomic E-state index is 12.8. The summed E-state index contributed by atoms with van der Waals surface area (Å²) in [7, 11) is 0. The molecule has 25 heavy (non-hydrogen) atoms. The Hall–Kier alpha value is -3.19. The molecule has 0 aliphatic heterocycles. The molecule has 0 atom stereocenters. The van der Waals surface area contributed by atoms with Crippen LogP contribution >= 0.6 is 11.6 Å². The summed E-state index contributed by atoms with van der Waals surface area (Å²) in [6.07, 6.45) is -0.338. The highest BCUT2D eigenvalue weighted by Gasteiger charge is 2.21. The summed E-state index contributed by atoms with van der Waals surface area (Å²) in [5.41, 5.74) is 1.12. The molecule has 0 saturated carbocycles. The Morgan fingerprint density at radius 3 is 2.44 bits per heavy atom. The van der Waals surface area contributed by atoms with Crippen molar-refractivity contribution < 1.29 is 19.6 Å². The summed E-state index contributed by atoms with van der Waals surface area (Å²) < 4.78 is 0. The zero-order valence-electron chi connectivity index (χ0n) is 12.7. The molecule has 0 fully saturated rings. The average molecular weight is 359 g/mol. The van der Waals surface area contributed by atoms with Crippen molar-refractivity contribution >= 4 is 39.9 Å². The lowest BCUT2D eigenvalue weighted by Gasteiger charge is -2.02. The van der Waals surface area contributed by atoms with Crippen LogP contribution in [0.25, 0.3) is 10.9 Å². The number of carboxylic acid groups (broad SMARTS) is 1. The number of benzene rings is 2. The third kappa shape index (κ3) is 3.22. The predicted octanol–water partition coefficient (Wildman–Crippen LogP) is 3.59. The molecule has 2 N–H and O–H groups in total. The number of aromatic amines is 1.